The van der Waals surface area contributed by atoms with Crippen LogP contribution in [0.1, 0.15) is 17.0 Å². The summed E-state index contributed by atoms with van der Waals surface area (Å²) in [6.07, 6.45) is -4.67. The molecule has 2 aromatic rings. The zero-order valence-electron chi connectivity index (χ0n) is 15.4. The molecule has 2 heterocycles. The standard InChI is InChI=1S/C18H19BrClF3N4O/c1-11-9-13(3-4-14(11)19)25-5-7-26(8-6-25)15(28)10-27-17(18(21,22)23)16(20)12(2)24-27/h3-4,9H,5-8,10H2,1-2H3. The van der Waals surface area contributed by atoms with Crippen LogP contribution in [0.15, 0.2) is 22.7 Å². The van der Waals surface area contributed by atoms with Gasteiger partial charge in [0.1, 0.15) is 6.54 Å². The first-order valence-corrected chi connectivity index (χ1v) is 9.84. The highest BCUT2D eigenvalue weighted by Gasteiger charge is 2.39. The van der Waals surface area contributed by atoms with Gasteiger partial charge in [0.25, 0.3) is 0 Å². The number of alkyl halides is 3. The lowest BCUT2D eigenvalue weighted by atomic mass is 10.2. The third-order valence-electron chi connectivity index (χ3n) is 4.75. The van der Waals surface area contributed by atoms with Crippen molar-refractivity contribution in [2.75, 3.05) is 31.1 Å². The number of carbonyl (C=O) groups is 1. The maximum Gasteiger partial charge on any atom is 0.434 e. The average Bonchev–Trinajstić information content (AvgIpc) is 2.91. The minimum absolute atomic E-state index is 0.0530. The topological polar surface area (TPSA) is 41.4 Å². The largest absolute Gasteiger partial charge is 0.434 e. The van der Waals surface area contributed by atoms with Crippen molar-refractivity contribution in [1.82, 2.24) is 14.7 Å². The minimum atomic E-state index is -4.67. The van der Waals surface area contributed by atoms with Crippen LogP contribution in [0.2, 0.25) is 5.02 Å². The molecule has 0 saturated carbocycles. The fraction of sp³-hybridized carbons (Fsp3) is 0.444. The van der Waals surface area contributed by atoms with E-state index in [4.69, 9.17) is 11.6 Å². The SMILES string of the molecule is Cc1cc(N2CCN(C(=O)Cn3nc(C)c(Cl)c3C(F)(F)F)CC2)ccc1Br. The Balaban J connectivity index is 1.66. The van der Waals surface area contributed by atoms with Gasteiger partial charge >= 0.3 is 6.18 Å². The molecule has 0 atom stereocenters. The summed E-state index contributed by atoms with van der Waals surface area (Å²) in [5.74, 6) is -0.406. The van der Waals surface area contributed by atoms with Crippen LogP contribution in [0.5, 0.6) is 0 Å². The van der Waals surface area contributed by atoms with Gasteiger partial charge in [-0.1, -0.05) is 27.5 Å². The molecule has 0 radical (unpaired) electrons. The summed E-state index contributed by atoms with van der Waals surface area (Å²) in [4.78, 5) is 16.3. The van der Waals surface area contributed by atoms with Gasteiger partial charge in [-0.05, 0) is 37.6 Å². The van der Waals surface area contributed by atoms with E-state index in [0.29, 0.717) is 30.9 Å². The van der Waals surface area contributed by atoms with E-state index >= 15 is 0 Å². The van der Waals surface area contributed by atoms with Gasteiger partial charge in [0, 0.05) is 36.3 Å². The van der Waals surface area contributed by atoms with Crippen molar-refractivity contribution in [3.63, 3.8) is 0 Å². The molecule has 10 heteroatoms. The summed E-state index contributed by atoms with van der Waals surface area (Å²) >= 11 is 9.21. The van der Waals surface area contributed by atoms with E-state index in [2.05, 4.69) is 32.0 Å². The molecule has 0 N–H and O–H groups in total. The molecule has 1 aliphatic rings. The number of carbonyl (C=O) groups excluding carboxylic acids is 1. The van der Waals surface area contributed by atoms with Crippen molar-refractivity contribution in [3.8, 4) is 0 Å². The van der Waals surface area contributed by atoms with E-state index in [1.54, 1.807) is 4.90 Å². The normalized spacial score (nSPS) is 15.2. The van der Waals surface area contributed by atoms with Crippen molar-refractivity contribution in [3.05, 3.63) is 44.6 Å². The molecule has 3 rings (SSSR count). The molecule has 0 bridgehead atoms. The van der Waals surface area contributed by atoms with Crippen LogP contribution in [-0.2, 0) is 17.5 Å². The Labute approximate surface area is 174 Å². The lowest BCUT2D eigenvalue weighted by Crippen LogP contribution is -2.49. The van der Waals surface area contributed by atoms with Crippen LogP contribution >= 0.6 is 27.5 Å². The molecular weight excluding hydrogens is 461 g/mol. The van der Waals surface area contributed by atoms with Crippen LogP contribution in [-0.4, -0.2) is 46.8 Å². The second-order valence-corrected chi connectivity index (χ2v) is 7.94. The fourth-order valence-electron chi connectivity index (χ4n) is 3.21. The van der Waals surface area contributed by atoms with E-state index < -0.39 is 29.3 Å². The van der Waals surface area contributed by atoms with E-state index in [9.17, 15) is 18.0 Å². The monoisotopic (exact) mass is 478 g/mol. The molecule has 5 nitrogen and oxygen atoms in total. The first-order valence-electron chi connectivity index (χ1n) is 8.67. The number of piperazine rings is 1. The highest BCUT2D eigenvalue weighted by atomic mass is 79.9. The van der Waals surface area contributed by atoms with Crippen molar-refractivity contribution >= 4 is 39.1 Å². The Bertz CT molecular complexity index is 892. The number of hydrogen-bond donors (Lipinski definition) is 0. The number of amides is 1. The van der Waals surface area contributed by atoms with Crippen LogP contribution in [0.4, 0.5) is 18.9 Å². The van der Waals surface area contributed by atoms with Gasteiger partial charge < -0.3 is 9.80 Å². The predicted octanol–water partition coefficient (Wildman–Crippen LogP) is 4.28. The van der Waals surface area contributed by atoms with Gasteiger partial charge in [0.15, 0.2) is 5.69 Å². The van der Waals surface area contributed by atoms with Crippen LogP contribution in [0, 0.1) is 13.8 Å². The highest BCUT2D eigenvalue weighted by Crippen LogP contribution is 2.36. The summed E-state index contributed by atoms with van der Waals surface area (Å²) in [5.41, 5.74) is 1.14. The first-order chi connectivity index (χ1) is 13.1. The smallest absolute Gasteiger partial charge is 0.368 e. The molecule has 152 valence electrons. The van der Waals surface area contributed by atoms with Crippen LogP contribution in [0.3, 0.4) is 0 Å². The third kappa shape index (κ3) is 4.30. The highest BCUT2D eigenvalue weighted by molar-refractivity contribution is 9.10. The molecule has 1 fully saturated rings. The number of benzene rings is 1. The number of anilines is 1. The zero-order chi connectivity index (χ0) is 20.6. The van der Waals surface area contributed by atoms with Crippen molar-refractivity contribution in [1.29, 1.82) is 0 Å². The molecule has 1 aromatic heterocycles. The zero-order valence-corrected chi connectivity index (χ0v) is 17.7. The molecule has 1 aliphatic heterocycles. The van der Waals surface area contributed by atoms with E-state index in [-0.39, 0.29) is 5.69 Å². The average molecular weight is 480 g/mol. The van der Waals surface area contributed by atoms with E-state index in [1.165, 1.54) is 6.92 Å². The second-order valence-electron chi connectivity index (χ2n) is 6.70. The molecule has 1 aromatic carbocycles. The number of aryl methyl sites for hydroxylation is 2. The maximum atomic E-state index is 13.2. The molecule has 0 unspecified atom stereocenters. The Morgan fingerprint density at radius 1 is 1.21 bits per heavy atom. The van der Waals surface area contributed by atoms with Gasteiger partial charge in [-0.2, -0.15) is 18.3 Å². The number of aromatic nitrogens is 2. The Morgan fingerprint density at radius 2 is 1.86 bits per heavy atom. The lowest BCUT2D eigenvalue weighted by Gasteiger charge is -2.36. The third-order valence-corrected chi connectivity index (χ3v) is 6.09. The summed E-state index contributed by atoms with van der Waals surface area (Å²) in [5, 5.41) is 3.33. The molecule has 1 amide bonds. The Morgan fingerprint density at radius 3 is 2.43 bits per heavy atom. The maximum absolute atomic E-state index is 13.2. The first kappa shape index (κ1) is 21.0. The van der Waals surface area contributed by atoms with Crippen LogP contribution in [0.25, 0.3) is 0 Å². The molecule has 0 aliphatic carbocycles. The molecular formula is C18H19BrClF3N4O. The summed E-state index contributed by atoms with van der Waals surface area (Å²) in [7, 11) is 0. The van der Waals surface area contributed by atoms with Crippen molar-refractivity contribution < 1.29 is 18.0 Å². The molecule has 0 spiro atoms. The van der Waals surface area contributed by atoms with E-state index in [0.717, 1.165) is 15.7 Å². The van der Waals surface area contributed by atoms with E-state index in [1.807, 2.05) is 19.1 Å². The number of rotatable bonds is 3. The number of hydrogen-bond acceptors (Lipinski definition) is 3. The molecule has 1 saturated heterocycles. The lowest BCUT2D eigenvalue weighted by molar-refractivity contribution is -0.145. The number of halogens is 5. The minimum Gasteiger partial charge on any atom is -0.368 e. The quantitative estimate of drug-likeness (QED) is 0.660. The van der Waals surface area contributed by atoms with Crippen molar-refractivity contribution in [2.24, 2.45) is 0 Å². The fourth-order valence-corrected chi connectivity index (χ4v) is 3.70. The van der Waals surface area contributed by atoms with Gasteiger partial charge in [0.2, 0.25) is 5.91 Å². The summed E-state index contributed by atoms with van der Waals surface area (Å²) in [6, 6.07) is 6.04. The van der Waals surface area contributed by atoms with Crippen molar-refractivity contribution in [2.45, 2.75) is 26.6 Å². The Kier molecular flexibility index (Phi) is 5.95. The van der Waals surface area contributed by atoms with Gasteiger partial charge in [-0.3, -0.25) is 4.79 Å². The van der Waals surface area contributed by atoms with Crippen LogP contribution < -0.4 is 4.90 Å². The molecule has 28 heavy (non-hydrogen) atoms. The van der Waals surface area contributed by atoms with Gasteiger partial charge in [-0.25, -0.2) is 4.68 Å². The Hall–Kier alpha value is -1.74. The summed E-state index contributed by atoms with van der Waals surface area (Å²) in [6.45, 7) is 4.99. The second kappa shape index (κ2) is 7.94. The predicted molar refractivity (Wildman–Crippen MR) is 105 cm³/mol. The van der Waals surface area contributed by atoms with Gasteiger partial charge in [-0.15, -0.1) is 0 Å². The number of nitrogens with zero attached hydrogens (tertiary/aromatic N) is 4. The summed E-state index contributed by atoms with van der Waals surface area (Å²) < 4.78 is 41.4. The van der Waals surface area contributed by atoms with Gasteiger partial charge in [0.05, 0.1) is 10.7 Å².